The highest BCUT2D eigenvalue weighted by Gasteiger charge is 2.40. The van der Waals surface area contributed by atoms with Crippen LogP contribution < -0.4 is 10.5 Å². The van der Waals surface area contributed by atoms with E-state index in [9.17, 15) is 4.79 Å². The van der Waals surface area contributed by atoms with Crippen molar-refractivity contribution in [3.8, 4) is 5.75 Å². The second-order valence-electron chi connectivity index (χ2n) is 6.71. The molecule has 21 heavy (non-hydrogen) atoms. The van der Waals surface area contributed by atoms with Crippen LogP contribution in [0.15, 0.2) is 18.2 Å². The van der Waals surface area contributed by atoms with E-state index in [1.165, 1.54) is 0 Å². The minimum Gasteiger partial charge on any atom is -0.496 e. The van der Waals surface area contributed by atoms with Crippen LogP contribution in [0.1, 0.15) is 38.1 Å². The summed E-state index contributed by atoms with van der Waals surface area (Å²) in [5.41, 5.74) is 6.05. The number of benzene rings is 1. The minimum absolute atomic E-state index is 0.116. The van der Waals surface area contributed by atoms with Crippen molar-refractivity contribution in [3.05, 3.63) is 23.8 Å². The number of amides is 1. The van der Waals surface area contributed by atoms with E-state index < -0.39 is 11.2 Å². The van der Waals surface area contributed by atoms with Crippen LogP contribution >= 0.6 is 0 Å². The van der Waals surface area contributed by atoms with Gasteiger partial charge in [-0.3, -0.25) is 4.79 Å². The third-order valence-electron chi connectivity index (χ3n) is 3.48. The molecule has 2 rings (SSSR count). The van der Waals surface area contributed by atoms with Gasteiger partial charge in [0.1, 0.15) is 11.3 Å². The lowest BCUT2D eigenvalue weighted by molar-refractivity contribution is -0.171. The number of nitrogens with two attached hydrogens (primary N) is 1. The van der Waals surface area contributed by atoms with Crippen molar-refractivity contribution in [2.45, 2.75) is 38.9 Å². The van der Waals surface area contributed by atoms with E-state index in [0.717, 1.165) is 0 Å². The Balaban J connectivity index is 2.36. The van der Waals surface area contributed by atoms with Gasteiger partial charge in [-0.25, -0.2) is 0 Å². The summed E-state index contributed by atoms with van der Waals surface area (Å²) in [6, 6.07) is 5.24. The number of hydrogen-bond acceptors (Lipinski definition) is 4. The summed E-state index contributed by atoms with van der Waals surface area (Å²) in [5, 5.41) is 0. The Morgan fingerprint density at radius 1 is 1.24 bits per heavy atom. The Labute approximate surface area is 126 Å². The van der Waals surface area contributed by atoms with Crippen LogP contribution in [0.25, 0.3) is 0 Å². The quantitative estimate of drug-likeness (QED) is 0.850. The number of methoxy groups -OCH3 is 1. The molecule has 1 aliphatic rings. The number of rotatable bonds is 2. The van der Waals surface area contributed by atoms with Crippen molar-refractivity contribution in [3.63, 3.8) is 0 Å². The van der Waals surface area contributed by atoms with E-state index >= 15 is 0 Å². The van der Waals surface area contributed by atoms with Gasteiger partial charge in [-0.15, -0.1) is 0 Å². The first-order valence-corrected chi connectivity index (χ1v) is 7.07. The molecule has 0 spiro atoms. The number of carbonyl (C=O) groups excluding carboxylic acids is 1. The summed E-state index contributed by atoms with van der Waals surface area (Å²) >= 11 is 0. The first-order valence-electron chi connectivity index (χ1n) is 7.07. The Hall–Kier alpha value is -1.75. The van der Waals surface area contributed by atoms with Crippen molar-refractivity contribution in [2.24, 2.45) is 0 Å². The molecule has 116 valence electrons. The normalized spacial score (nSPS) is 20.1. The second-order valence-corrected chi connectivity index (χ2v) is 6.71. The lowest BCUT2D eigenvalue weighted by Gasteiger charge is -2.47. The molecule has 2 N–H and O–H groups in total. The van der Waals surface area contributed by atoms with E-state index in [1.807, 2.05) is 27.7 Å². The molecular weight excluding hydrogens is 268 g/mol. The number of ether oxygens (including phenoxy) is 2. The molecule has 1 saturated heterocycles. The molecule has 1 aromatic rings. The van der Waals surface area contributed by atoms with Crippen molar-refractivity contribution in [1.82, 2.24) is 4.90 Å². The van der Waals surface area contributed by atoms with Gasteiger partial charge < -0.3 is 20.1 Å². The molecular formula is C16H24N2O3. The SMILES string of the molecule is COc1cccc(N)c1C(=O)N1CC(C)(C)OC(C)(C)C1. The highest BCUT2D eigenvalue weighted by atomic mass is 16.5. The van der Waals surface area contributed by atoms with E-state index in [-0.39, 0.29) is 5.91 Å². The van der Waals surface area contributed by atoms with Gasteiger partial charge in [-0.05, 0) is 39.8 Å². The monoisotopic (exact) mass is 292 g/mol. The molecule has 5 heteroatoms. The average Bonchev–Trinajstić information content (AvgIpc) is 2.33. The fourth-order valence-electron chi connectivity index (χ4n) is 3.04. The lowest BCUT2D eigenvalue weighted by Crippen LogP contribution is -2.58. The van der Waals surface area contributed by atoms with Crippen molar-refractivity contribution < 1.29 is 14.3 Å². The molecule has 0 aliphatic carbocycles. The third kappa shape index (κ3) is 3.29. The van der Waals surface area contributed by atoms with Crippen LogP contribution in [-0.2, 0) is 4.74 Å². The van der Waals surface area contributed by atoms with Gasteiger partial charge in [0.15, 0.2) is 0 Å². The molecule has 5 nitrogen and oxygen atoms in total. The van der Waals surface area contributed by atoms with Gasteiger partial charge in [-0.2, -0.15) is 0 Å². The van der Waals surface area contributed by atoms with Crippen molar-refractivity contribution >= 4 is 11.6 Å². The molecule has 0 aromatic heterocycles. The number of anilines is 1. The average molecular weight is 292 g/mol. The zero-order chi connectivity index (χ0) is 15.8. The molecule has 0 bridgehead atoms. The molecule has 0 unspecified atom stereocenters. The maximum Gasteiger partial charge on any atom is 0.259 e. The van der Waals surface area contributed by atoms with Crippen LogP contribution in [0.4, 0.5) is 5.69 Å². The summed E-state index contributed by atoms with van der Waals surface area (Å²) in [5.74, 6) is 0.386. The zero-order valence-corrected chi connectivity index (χ0v) is 13.4. The van der Waals surface area contributed by atoms with E-state index in [4.69, 9.17) is 15.2 Å². The van der Waals surface area contributed by atoms with Crippen LogP contribution in [0, 0.1) is 0 Å². The Morgan fingerprint density at radius 2 is 1.81 bits per heavy atom. The summed E-state index contributed by atoms with van der Waals surface area (Å²) in [6.07, 6.45) is 0. The van der Waals surface area contributed by atoms with Gasteiger partial charge in [0.2, 0.25) is 0 Å². The zero-order valence-electron chi connectivity index (χ0n) is 13.4. The van der Waals surface area contributed by atoms with E-state index in [0.29, 0.717) is 30.1 Å². The van der Waals surface area contributed by atoms with E-state index in [2.05, 4.69) is 0 Å². The fraction of sp³-hybridized carbons (Fsp3) is 0.562. The molecule has 1 aliphatic heterocycles. The second kappa shape index (κ2) is 5.22. The maximum atomic E-state index is 12.9. The number of nitrogens with zero attached hydrogens (tertiary/aromatic N) is 1. The Kier molecular flexibility index (Phi) is 3.89. The summed E-state index contributed by atoms with van der Waals surface area (Å²) in [7, 11) is 1.54. The van der Waals surface area contributed by atoms with Crippen molar-refractivity contribution in [2.75, 3.05) is 25.9 Å². The molecule has 1 amide bonds. The third-order valence-corrected chi connectivity index (χ3v) is 3.48. The van der Waals surface area contributed by atoms with Gasteiger partial charge in [0, 0.05) is 18.8 Å². The predicted octanol–water partition coefficient (Wildman–Crippen LogP) is 2.31. The van der Waals surface area contributed by atoms with Gasteiger partial charge in [-0.1, -0.05) is 6.07 Å². The summed E-state index contributed by atoms with van der Waals surface area (Å²) in [4.78, 5) is 14.7. The van der Waals surface area contributed by atoms with Gasteiger partial charge in [0.25, 0.3) is 5.91 Å². The fourth-order valence-corrected chi connectivity index (χ4v) is 3.04. The lowest BCUT2D eigenvalue weighted by atomic mass is 9.97. The van der Waals surface area contributed by atoms with Gasteiger partial charge >= 0.3 is 0 Å². The number of carbonyl (C=O) groups is 1. The predicted molar refractivity (Wildman–Crippen MR) is 82.6 cm³/mol. The van der Waals surface area contributed by atoms with Crippen molar-refractivity contribution in [1.29, 1.82) is 0 Å². The highest BCUT2D eigenvalue weighted by Crippen LogP contribution is 2.32. The molecule has 0 radical (unpaired) electrons. The first-order chi connectivity index (χ1) is 9.65. The molecule has 0 saturated carbocycles. The Bertz CT molecular complexity index is 536. The molecule has 1 heterocycles. The topological polar surface area (TPSA) is 64.8 Å². The largest absolute Gasteiger partial charge is 0.496 e. The standard InChI is InChI=1S/C16H24N2O3/c1-15(2)9-18(10-16(3,4)21-15)14(19)13-11(17)7-6-8-12(13)20-5/h6-8H,9-10,17H2,1-5H3. The number of nitrogen functional groups attached to an aromatic ring is 1. The molecule has 0 atom stereocenters. The van der Waals surface area contributed by atoms with Crippen LogP contribution in [0.5, 0.6) is 5.75 Å². The molecule has 1 fully saturated rings. The maximum absolute atomic E-state index is 12.9. The summed E-state index contributed by atoms with van der Waals surface area (Å²) < 4.78 is 11.3. The van der Waals surface area contributed by atoms with Crippen LogP contribution in [-0.4, -0.2) is 42.2 Å². The van der Waals surface area contributed by atoms with E-state index in [1.54, 1.807) is 30.2 Å². The van der Waals surface area contributed by atoms with Gasteiger partial charge in [0.05, 0.1) is 18.3 Å². The molecule has 1 aromatic carbocycles. The summed E-state index contributed by atoms with van der Waals surface area (Å²) in [6.45, 7) is 8.98. The van der Waals surface area contributed by atoms with Crippen LogP contribution in [0.2, 0.25) is 0 Å². The highest BCUT2D eigenvalue weighted by molar-refractivity contribution is 6.02. The van der Waals surface area contributed by atoms with Crippen LogP contribution in [0.3, 0.4) is 0 Å². The smallest absolute Gasteiger partial charge is 0.259 e. The number of morpholine rings is 1. The number of hydrogen-bond donors (Lipinski definition) is 1. The first kappa shape index (κ1) is 15.6. The Morgan fingerprint density at radius 3 is 2.33 bits per heavy atom. The minimum atomic E-state index is -0.395.